The summed E-state index contributed by atoms with van der Waals surface area (Å²) in [6, 6.07) is 0.221. The van der Waals surface area contributed by atoms with Gasteiger partial charge in [-0.25, -0.2) is 0 Å². The lowest BCUT2D eigenvalue weighted by molar-refractivity contribution is -0.0858. The summed E-state index contributed by atoms with van der Waals surface area (Å²) in [4.78, 5) is 2.27. The Bertz CT molecular complexity index is 780. The minimum atomic E-state index is -0.586. The largest absolute Gasteiger partial charge is 0.388 e. The number of hydrogen-bond donors (Lipinski definition) is 1. The van der Waals surface area contributed by atoms with Crippen LogP contribution in [0, 0.1) is 59.7 Å². The number of unbranched alkanes of at least 4 members (excludes halogenated alkanes) is 1. The summed E-state index contributed by atoms with van der Waals surface area (Å²) in [5.41, 5.74) is 0.282. The third-order valence-corrected chi connectivity index (χ3v) is 11.3. The second-order valence-corrected chi connectivity index (χ2v) is 16.1. The Kier molecular flexibility index (Phi) is 47.2. The van der Waals surface area contributed by atoms with Crippen molar-refractivity contribution in [3.63, 3.8) is 0 Å². The third-order valence-electron chi connectivity index (χ3n) is 11.3. The van der Waals surface area contributed by atoms with Gasteiger partial charge in [0, 0.05) is 12.0 Å². The van der Waals surface area contributed by atoms with Crippen LogP contribution >= 0.6 is 0 Å². The molecule has 0 amide bonds. The molecule has 2 fully saturated rings. The highest BCUT2D eigenvalue weighted by molar-refractivity contribution is 5.25. The van der Waals surface area contributed by atoms with Crippen LogP contribution in [0.2, 0.25) is 0 Å². The van der Waals surface area contributed by atoms with Gasteiger partial charge in [0.05, 0.1) is 17.8 Å². The summed E-state index contributed by atoms with van der Waals surface area (Å²) < 4.78 is 6.51. The molecule has 3 nitrogen and oxygen atoms in total. The van der Waals surface area contributed by atoms with Crippen LogP contribution in [0.15, 0.2) is 25.3 Å². The van der Waals surface area contributed by atoms with Gasteiger partial charge in [-0.05, 0) is 119 Å². The van der Waals surface area contributed by atoms with E-state index in [2.05, 4.69) is 121 Å². The molecule has 3 heteroatoms. The summed E-state index contributed by atoms with van der Waals surface area (Å²) in [5.74, 6) is 8.31. The van der Waals surface area contributed by atoms with E-state index in [0.717, 1.165) is 54.5 Å². The number of ether oxygens (including phenoxy) is 1. The second kappa shape index (κ2) is 39.2. The molecule has 1 N–H and O–H groups in total. The lowest BCUT2D eigenvalue weighted by Gasteiger charge is -2.40. The Hall–Kier alpha value is -1.08. The number of rotatable bonds is 13. The van der Waals surface area contributed by atoms with Gasteiger partial charge >= 0.3 is 0 Å². The van der Waals surface area contributed by atoms with Gasteiger partial charge in [-0.2, -0.15) is 0 Å². The van der Waals surface area contributed by atoms with Crippen molar-refractivity contribution < 1.29 is 9.84 Å². The lowest BCUT2D eigenvalue weighted by atomic mass is 9.78. The maximum atomic E-state index is 10.5. The molecular weight excluding hydrogens is 647 g/mol. The molecule has 0 aromatic carbocycles. The van der Waals surface area contributed by atoms with Crippen molar-refractivity contribution in [3.05, 3.63) is 25.3 Å². The molecule has 0 radical (unpaired) electrons. The van der Waals surface area contributed by atoms with Crippen LogP contribution in [0.25, 0.3) is 0 Å². The van der Waals surface area contributed by atoms with Crippen LogP contribution in [0.4, 0.5) is 0 Å². The van der Waals surface area contributed by atoms with E-state index in [1.165, 1.54) is 51.4 Å². The van der Waals surface area contributed by atoms with E-state index in [1.807, 2.05) is 48.5 Å². The fourth-order valence-corrected chi connectivity index (χ4v) is 7.73. The van der Waals surface area contributed by atoms with E-state index >= 15 is 0 Å². The molecule has 0 spiro atoms. The summed E-state index contributed by atoms with van der Waals surface area (Å²) in [6.45, 7) is 52.1. The number of aliphatic hydroxyl groups is 1. The summed E-state index contributed by atoms with van der Waals surface area (Å²) >= 11 is 0. The van der Waals surface area contributed by atoms with Crippen LogP contribution < -0.4 is 0 Å². The van der Waals surface area contributed by atoms with Gasteiger partial charge in [-0.1, -0.05) is 157 Å². The maximum absolute atomic E-state index is 10.5. The van der Waals surface area contributed by atoms with Crippen molar-refractivity contribution in [2.75, 3.05) is 13.6 Å². The van der Waals surface area contributed by atoms with E-state index < -0.39 is 5.60 Å². The van der Waals surface area contributed by atoms with Gasteiger partial charge in [0.15, 0.2) is 0 Å². The molecule has 2 rings (SSSR count). The predicted octanol–water partition coefficient (Wildman–Crippen LogP) is 15.6. The van der Waals surface area contributed by atoms with Crippen molar-refractivity contribution >= 4 is 0 Å². The molecule has 2 aliphatic rings. The minimum Gasteiger partial charge on any atom is -0.388 e. The molecule has 0 heterocycles. The zero-order chi connectivity index (χ0) is 42.2. The van der Waals surface area contributed by atoms with Crippen LogP contribution in [-0.2, 0) is 4.74 Å². The second-order valence-electron chi connectivity index (χ2n) is 16.1. The Morgan fingerprint density at radius 1 is 0.774 bits per heavy atom. The van der Waals surface area contributed by atoms with Crippen LogP contribution in [-0.4, -0.2) is 47.4 Å². The summed E-state index contributed by atoms with van der Waals surface area (Å²) in [6.07, 6.45) is 18.8. The highest BCUT2D eigenvalue weighted by atomic mass is 16.5. The first-order chi connectivity index (χ1) is 24.4. The zero-order valence-corrected chi connectivity index (χ0v) is 39.6. The molecule has 4 unspecified atom stereocenters. The van der Waals surface area contributed by atoms with E-state index in [4.69, 9.17) is 11.2 Å². The molecule has 0 aliphatic heterocycles. The molecule has 0 saturated heterocycles. The topological polar surface area (TPSA) is 32.7 Å². The molecular formula is C50H105NO2. The van der Waals surface area contributed by atoms with Gasteiger partial charge in [-0.3, -0.25) is 0 Å². The minimum absolute atomic E-state index is 0. The van der Waals surface area contributed by atoms with Gasteiger partial charge in [0.2, 0.25) is 0 Å². The summed E-state index contributed by atoms with van der Waals surface area (Å²) in [7, 11) is 2.11. The first kappa shape index (κ1) is 63.8. The van der Waals surface area contributed by atoms with Gasteiger partial charge in [0.25, 0.3) is 0 Å². The zero-order valence-electron chi connectivity index (χ0n) is 39.6. The summed E-state index contributed by atoms with van der Waals surface area (Å²) in [5, 5.41) is 10.5. The van der Waals surface area contributed by atoms with Crippen molar-refractivity contribution in [2.24, 2.45) is 47.3 Å². The van der Waals surface area contributed by atoms with Gasteiger partial charge in [-0.15, -0.1) is 19.6 Å². The molecule has 0 bridgehead atoms. The molecule has 8 atom stereocenters. The lowest BCUT2D eigenvalue weighted by Crippen LogP contribution is -2.51. The smallest absolute Gasteiger partial charge is 0.0796 e. The molecule has 322 valence electrons. The number of likely N-dealkylation sites (N-methyl/N-ethyl adjacent to an activating group) is 1. The standard InChI is InChI=1S/C19H32O.C13H29NO.C9H18.3C2H6.C2H4.CH4/c1-8-15(5)17(7)19(16(6)9-2)20-18-11-13(3)10-14(4)12-18;1-7-9-10-14(6)12(4)13(5,15)11(3)8-2;1-7-4-8(2)6-9(3)5-7;4*1-2;/h1,13-14,16-19H,5,9-12H2,2-4,6-7H3;11-12,15H,7-10H2,1-6H3;7-9H,4-6H2,1-3H3;3*1-2H3;1-2H2;1H4/t13?,14?,16-,17?,18?,19+;11-,12?,13-;;;;;;/m11....../s1. The average Bonchev–Trinajstić information content (AvgIpc) is 3.13. The highest BCUT2D eigenvalue weighted by Gasteiger charge is 2.35. The Morgan fingerprint density at radius 2 is 1.13 bits per heavy atom. The van der Waals surface area contributed by atoms with Gasteiger partial charge in [0.1, 0.15) is 0 Å². The van der Waals surface area contributed by atoms with E-state index in [1.54, 1.807) is 0 Å². The Labute approximate surface area is 339 Å². The average molecular weight is 752 g/mol. The van der Waals surface area contributed by atoms with Crippen LogP contribution in [0.1, 0.15) is 203 Å². The quantitative estimate of drug-likeness (QED) is 0.150. The molecule has 2 saturated carbocycles. The fourth-order valence-electron chi connectivity index (χ4n) is 7.73. The monoisotopic (exact) mass is 752 g/mol. The highest BCUT2D eigenvalue weighted by Crippen LogP contribution is 2.35. The number of nitrogens with zero attached hydrogens (tertiary/aromatic N) is 1. The van der Waals surface area contributed by atoms with Crippen LogP contribution in [0.5, 0.6) is 0 Å². The molecule has 2 aliphatic carbocycles. The number of terminal acetylenes is 1. The van der Waals surface area contributed by atoms with E-state index in [-0.39, 0.29) is 25.5 Å². The van der Waals surface area contributed by atoms with Crippen LogP contribution in [0.3, 0.4) is 0 Å². The first-order valence-corrected chi connectivity index (χ1v) is 22.2. The van der Waals surface area contributed by atoms with E-state index in [9.17, 15) is 5.11 Å². The van der Waals surface area contributed by atoms with E-state index in [0.29, 0.717) is 17.9 Å². The molecule has 53 heavy (non-hydrogen) atoms. The molecule has 0 aromatic heterocycles. The molecule has 0 aromatic rings. The first-order valence-electron chi connectivity index (χ1n) is 22.2. The maximum Gasteiger partial charge on any atom is 0.0796 e. The normalized spacial score (nSPS) is 25.5. The van der Waals surface area contributed by atoms with Crippen molar-refractivity contribution in [2.45, 2.75) is 227 Å². The predicted molar refractivity (Wildman–Crippen MR) is 248 cm³/mol. The van der Waals surface area contributed by atoms with Gasteiger partial charge < -0.3 is 14.7 Å². The number of hydrogen-bond acceptors (Lipinski definition) is 3. The van der Waals surface area contributed by atoms with Crippen molar-refractivity contribution in [1.29, 1.82) is 0 Å². The SMILES string of the molecule is C.C#CC(=C)C(C)[C@@H](OC1CC(C)CC(C)C1)[C@H](C)CC.C=C.CC.CC.CC.CC1CC(C)CC(C)C1.CCCCN(C)C(C)[C@](C)(O)[C@H](C)CC. The Balaban J connectivity index is -0.000000148. The Morgan fingerprint density at radius 3 is 1.43 bits per heavy atom. The van der Waals surface area contributed by atoms with Crippen molar-refractivity contribution in [3.8, 4) is 12.3 Å². The van der Waals surface area contributed by atoms with Crippen molar-refractivity contribution in [1.82, 2.24) is 4.90 Å². The third kappa shape index (κ3) is 28.9. The fraction of sp³-hybridized carbons (Fsp3) is 0.880.